The highest BCUT2D eigenvalue weighted by Gasteiger charge is 2.26. The van der Waals surface area contributed by atoms with Gasteiger partial charge < -0.3 is 9.84 Å². The Morgan fingerprint density at radius 2 is 1.79 bits per heavy atom. The third-order valence-electron chi connectivity index (χ3n) is 3.65. The Hall–Kier alpha value is -1.51. The van der Waals surface area contributed by atoms with Crippen LogP contribution in [0.5, 0.6) is 5.75 Å². The molecular formula is C16H24O3. The second-order valence-corrected chi connectivity index (χ2v) is 5.79. The van der Waals surface area contributed by atoms with Crippen LogP contribution in [0.4, 0.5) is 0 Å². The van der Waals surface area contributed by atoms with Crippen molar-refractivity contribution in [1.82, 2.24) is 0 Å². The van der Waals surface area contributed by atoms with Crippen LogP contribution in [-0.4, -0.2) is 17.7 Å². The van der Waals surface area contributed by atoms with E-state index in [0.717, 1.165) is 23.3 Å². The summed E-state index contributed by atoms with van der Waals surface area (Å²) in [6.07, 6.45) is 1.36. The van der Waals surface area contributed by atoms with Crippen molar-refractivity contribution in [2.75, 3.05) is 6.61 Å². The Morgan fingerprint density at radius 1 is 1.21 bits per heavy atom. The molecule has 0 unspecified atom stereocenters. The average Bonchev–Trinajstić information content (AvgIpc) is 2.33. The lowest BCUT2D eigenvalue weighted by Gasteiger charge is -2.19. The number of hydrogen-bond donors (Lipinski definition) is 1. The van der Waals surface area contributed by atoms with Crippen LogP contribution in [0.25, 0.3) is 0 Å². The number of hydrogen-bond acceptors (Lipinski definition) is 2. The molecule has 1 aromatic carbocycles. The minimum atomic E-state index is -0.754. The van der Waals surface area contributed by atoms with Crippen molar-refractivity contribution in [3.8, 4) is 5.75 Å². The molecule has 1 rings (SSSR count). The predicted molar refractivity (Wildman–Crippen MR) is 76.8 cm³/mol. The van der Waals surface area contributed by atoms with E-state index in [1.807, 2.05) is 6.92 Å². The standard InChI is InChI=1S/C16H24O3/c1-11-7-8-12(2)14(13(11)3)19-10-6-9-16(4,5)15(17)18/h7-8H,6,9-10H2,1-5H3,(H,17,18). The van der Waals surface area contributed by atoms with Crippen LogP contribution in [0.2, 0.25) is 0 Å². The van der Waals surface area contributed by atoms with Crippen molar-refractivity contribution < 1.29 is 14.6 Å². The van der Waals surface area contributed by atoms with E-state index >= 15 is 0 Å². The van der Waals surface area contributed by atoms with Crippen LogP contribution in [-0.2, 0) is 4.79 Å². The Balaban J connectivity index is 2.55. The van der Waals surface area contributed by atoms with E-state index in [4.69, 9.17) is 9.84 Å². The highest BCUT2D eigenvalue weighted by Crippen LogP contribution is 2.27. The lowest BCUT2D eigenvalue weighted by molar-refractivity contribution is -0.147. The lowest BCUT2D eigenvalue weighted by atomic mass is 9.88. The molecule has 0 atom stereocenters. The second-order valence-electron chi connectivity index (χ2n) is 5.79. The number of ether oxygens (including phenoxy) is 1. The quantitative estimate of drug-likeness (QED) is 0.793. The minimum absolute atomic E-state index is 0.557. The molecule has 0 fully saturated rings. The SMILES string of the molecule is Cc1ccc(C)c(OCCCC(C)(C)C(=O)O)c1C. The fourth-order valence-electron chi connectivity index (χ4n) is 1.94. The molecular weight excluding hydrogens is 240 g/mol. The average molecular weight is 264 g/mol. The molecule has 0 bridgehead atoms. The van der Waals surface area contributed by atoms with Gasteiger partial charge in [-0.3, -0.25) is 4.79 Å². The molecule has 19 heavy (non-hydrogen) atoms. The number of carboxylic acid groups (broad SMARTS) is 1. The van der Waals surface area contributed by atoms with Gasteiger partial charge in [0.25, 0.3) is 0 Å². The molecule has 0 aliphatic heterocycles. The molecule has 0 aliphatic rings. The van der Waals surface area contributed by atoms with Crippen molar-refractivity contribution in [2.45, 2.75) is 47.5 Å². The van der Waals surface area contributed by atoms with Gasteiger partial charge in [-0.15, -0.1) is 0 Å². The molecule has 0 radical (unpaired) electrons. The number of aryl methyl sites for hydroxylation is 2. The van der Waals surface area contributed by atoms with Crippen LogP contribution in [0.3, 0.4) is 0 Å². The summed E-state index contributed by atoms with van der Waals surface area (Å²) >= 11 is 0. The van der Waals surface area contributed by atoms with Gasteiger partial charge in [0.1, 0.15) is 5.75 Å². The topological polar surface area (TPSA) is 46.5 Å². The molecule has 0 spiro atoms. The second kappa shape index (κ2) is 6.09. The molecule has 0 saturated heterocycles. The molecule has 106 valence electrons. The number of aliphatic carboxylic acids is 1. The Kier molecular flexibility index (Phi) is 4.98. The summed E-state index contributed by atoms with van der Waals surface area (Å²) in [4.78, 5) is 11.0. The molecule has 0 aromatic heterocycles. The van der Waals surface area contributed by atoms with Crippen LogP contribution < -0.4 is 4.74 Å². The van der Waals surface area contributed by atoms with E-state index in [-0.39, 0.29) is 0 Å². The smallest absolute Gasteiger partial charge is 0.309 e. The maximum absolute atomic E-state index is 11.0. The van der Waals surface area contributed by atoms with E-state index < -0.39 is 11.4 Å². The molecule has 3 heteroatoms. The van der Waals surface area contributed by atoms with Crippen LogP contribution in [0.15, 0.2) is 12.1 Å². The van der Waals surface area contributed by atoms with Gasteiger partial charge in [-0.1, -0.05) is 12.1 Å². The summed E-state index contributed by atoms with van der Waals surface area (Å²) in [5.74, 6) is 0.184. The first-order chi connectivity index (χ1) is 8.75. The summed E-state index contributed by atoms with van der Waals surface area (Å²) in [6.45, 7) is 10.2. The monoisotopic (exact) mass is 264 g/mol. The van der Waals surface area contributed by atoms with Crippen molar-refractivity contribution in [3.05, 3.63) is 28.8 Å². The summed E-state index contributed by atoms with van der Waals surface area (Å²) in [5.41, 5.74) is 2.82. The van der Waals surface area contributed by atoms with Gasteiger partial charge in [0.15, 0.2) is 0 Å². The normalized spacial score (nSPS) is 11.4. The van der Waals surface area contributed by atoms with Gasteiger partial charge >= 0.3 is 5.97 Å². The van der Waals surface area contributed by atoms with Crippen molar-refractivity contribution in [2.24, 2.45) is 5.41 Å². The third kappa shape index (κ3) is 3.98. The van der Waals surface area contributed by atoms with Gasteiger partial charge in [0.05, 0.1) is 12.0 Å². The molecule has 0 aliphatic carbocycles. The van der Waals surface area contributed by atoms with Crippen LogP contribution >= 0.6 is 0 Å². The fourth-order valence-corrected chi connectivity index (χ4v) is 1.94. The minimum Gasteiger partial charge on any atom is -0.493 e. The summed E-state index contributed by atoms with van der Waals surface area (Å²) in [7, 11) is 0. The molecule has 1 N–H and O–H groups in total. The van der Waals surface area contributed by atoms with E-state index in [1.165, 1.54) is 5.56 Å². The Morgan fingerprint density at radius 3 is 2.37 bits per heavy atom. The van der Waals surface area contributed by atoms with Gasteiger partial charge in [-0.05, 0) is 64.2 Å². The van der Waals surface area contributed by atoms with Crippen molar-refractivity contribution in [3.63, 3.8) is 0 Å². The Bertz CT molecular complexity index is 461. The molecule has 0 heterocycles. The zero-order valence-electron chi connectivity index (χ0n) is 12.5. The van der Waals surface area contributed by atoms with Gasteiger partial charge in [0.2, 0.25) is 0 Å². The molecule has 3 nitrogen and oxygen atoms in total. The zero-order chi connectivity index (χ0) is 14.6. The van der Waals surface area contributed by atoms with E-state index in [0.29, 0.717) is 13.0 Å². The zero-order valence-corrected chi connectivity index (χ0v) is 12.5. The molecule has 0 saturated carbocycles. The van der Waals surface area contributed by atoms with E-state index in [2.05, 4.69) is 26.0 Å². The van der Waals surface area contributed by atoms with Gasteiger partial charge in [-0.2, -0.15) is 0 Å². The molecule has 1 aromatic rings. The first kappa shape index (κ1) is 15.5. The summed E-state index contributed by atoms with van der Waals surface area (Å²) in [6, 6.07) is 4.14. The molecule has 0 amide bonds. The van der Waals surface area contributed by atoms with Crippen LogP contribution in [0, 0.1) is 26.2 Å². The first-order valence-electron chi connectivity index (χ1n) is 6.68. The number of rotatable bonds is 6. The number of benzene rings is 1. The summed E-state index contributed by atoms with van der Waals surface area (Å²) < 4.78 is 5.83. The van der Waals surface area contributed by atoms with Crippen molar-refractivity contribution in [1.29, 1.82) is 0 Å². The first-order valence-corrected chi connectivity index (χ1v) is 6.68. The number of carbonyl (C=O) groups is 1. The van der Waals surface area contributed by atoms with Crippen molar-refractivity contribution >= 4 is 5.97 Å². The van der Waals surface area contributed by atoms with Gasteiger partial charge in [-0.25, -0.2) is 0 Å². The van der Waals surface area contributed by atoms with Crippen LogP contribution in [0.1, 0.15) is 43.4 Å². The summed E-state index contributed by atoms with van der Waals surface area (Å²) in [5, 5.41) is 9.04. The highest BCUT2D eigenvalue weighted by molar-refractivity contribution is 5.73. The fraction of sp³-hybridized carbons (Fsp3) is 0.562. The number of carboxylic acids is 1. The van der Waals surface area contributed by atoms with E-state index in [9.17, 15) is 4.79 Å². The predicted octanol–water partition coefficient (Wildman–Crippen LogP) is 3.88. The highest BCUT2D eigenvalue weighted by atomic mass is 16.5. The lowest BCUT2D eigenvalue weighted by Crippen LogP contribution is -2.24. The Labute approximate surface area is 115 Å². The largest absolute Gasteiger partial charge is 0.493 e. The maximum atomic E-state index is 11.0. The van der Waals surface area contributed by atoms with Gasteiger partial charge in [0, 0.05) is 0 Å². The van der Waals surface area contributed by atoms with E-state index in [1.54, 1.807) is 13.8 Å². The maximum Gasteiger partial charge on any atom is 0.309 e. The third-order valence-corrected chi connectivity index (χ3v) is 3.65.